The van der Waals surface area contributed by atoms with E-state index in [4.69, 9.17) is 32.7 Å². The third-order valence-electron chi connectivity index (χ3n) is 5.32. The first-order chi connectivity index (χ1) is 13.8. The minimum Gasteiger partial charge on any atom is -0.444 e. The van der Waals surface area contributed by atoms with Crippen LogP contribution >= 0.6 is 23.2 Å². The van der Waals surface area contributed by atoms with Crippen molar-refractivity contribution in [3.05, 3.63) is 33.3 Å². The zero-order chi connectivity index (χ0) is 22.4. The number of carbonyl (C=O) groups is 2. The summed E-state index contributed by atoms with van der Waals surface area (Å²) in [6, 6.07) is 3.40. The molecule has 166 valence electrons. The van der Waals surface area contributed by atoms with Crippen molar-refractivity contribution < 1.29 is 19.1 Å². The number of morpholine rings is 1. The topological polar surface area (TPSA) is 59.1 Å². The average Bonchev–Trinajstić information content (AvgIpc) is 2.58. The third kappa shape index (κ3) is 5.04. The molecule has 2 aliphatic heterocycles. The summed E-state index contributed by atoms with van der Waals surface area (Å²) in [4.78, 5) is 29.4. The molecule has 6 nitrogen and oxygen atoms in total. The maximum absolute atomic E-state index is 13.4. The van der Waals surface area contributed by atoms with Crippen LogP contribution in [0.3, 0.4) is 0 Å². The number of hydrogen-bond donors (Lipinski definition) is 0. The Labute approximate surface area is 188 Å². The fourth-order valence-electron chi connectivity index (χ4n) is 4.17. The van der Waals surface area contributed by atoms with Crippen LogP contribution in [0.1, 0.15) is 58.7 Å². The lowest BCUT2D eigenvalue weighted by Gasteiger charge is -2.45. The molecule has 1 unspecified atom stereocenters. The monoisotopic (exact) mass is 456 g/mol. The Kier molecular flexibility index (Phi) is 6.34. The van der Waals surface area contributed by atoms with E-state index in [2.05, 4.69) is 0 Å². The summed E-state index contributed by atoms with van der Waals surface area (Å²) in [5.74, 6) is -0.152. The molecule has 0 aliphatic carbocycles. The molecule has 0 radical (unpaired) electrons. The molecule has 0 N–H and O–H groups in total. The molecule has 0 bridgehead atoms. The number of halogens is 2. The first kappa shape index (κ1) is 23.2. The highest BCUT2D eigenvalue weighted by Crippen LogP contribution is 2.38. The molecule has 0 aromatic heterocycles. The molecule has 1 aromatic carbocycles. The molecule has 1 saturated heterocycles. The fraction of sp³-hybridized carbons (Fsp3) is 0.636. The Bertz CT molecular complexity index is 850. The van der Waals surface area contributed by atoms with Crippen LogP contribution in [-0.4, -0.2) is 58.7 Å². The maximum Gasteiger partial charge on any atom is 0.410 e. The van der Waals surface area contributed by atoms with Gasteiger partial charge in [-0.2, -0.15) is 0 Å². The highest BCUT2D eigenvalue weighted by molar-refractivity contribution is 6.35. The summed E-state index contributed by atoms with van der Waals surface area (Å²) in [5.41, 5.74) is 0.698. The lowest BCUT2D eigenvalue weighted by atomic mass is 9.92. The van der Waals surface area contributed by atoms with Gasteiger partial charge in [-0.05, 0) is 71.2 Å². The molecule has 1 aromatic rings. The molecule has 0 spiro atoms. The first-order valence-corrected chi connectivity index (χ1v) is 11.0. The van der Waals surface area contributed by atoms with E-state index in [9.17, 15) is 9.59 Å². The van der Waals surface area contributed by atoms with E-state index in [0.29, 0.717) is 29.6 Å². The second-order valence-corrected chi connectivity index (χ2v) is 10.5. The van der Waals surface area contributed by atoms with Crippen molar-refractivity contribution >= 4 is 35.2 Å². The maximum atomic E-state index is 13.4. The van der Waals surface area contributed by atoms with Crippen LogP contribution in [0.4, 0.5) is 4.79 Å². The number of benzene rings is 1. The van der Waals surface area contributed by atoms with Gasteiger partial charge in [-0.15, -0.1) is 0 Å². The molecule has 3 rings (SSSR count). The molecule has 2 heterocycles. The fourth-order valence-corrected chi connectivity index (χ4v) is 4.86. The Morgan fingerprint density at radius 2 is 1.90 bits per heavy atom. The van der Waals surface area contributed by atoms with Crippen molar-refractivity contribution in [1.29, 1.82) is 0 Å². The van der Waals surface area contributed by atoms with Crippen molar-refractivity contribution in [3.8, 4) is 0 Å². The molecule has 1 fully saturated rings. The van der Waals surface area contributed by atoms with E-state index in [1.54, 1.807) is 15.9 Å². The van der Waals surface area contributed by atoms with Crippen molar-refractivity contribution in [2.45, 2.75) is 71.3 Å². The zero-order valence-corrected chi connectivity index (χ0v) is 19.9. The van der Waals surface area contributed by atoms with Gasteiger partial charge in [0, 0.05) is 16.6 Å². The predicted molar refractivity (Wildman–Crippen MR) is 117 cm³/mol. The minimum atomic E-state index is -0.767. The molecule has 0 saturated carbocycles. The van der Waals surface area contributed by atoms with Gasteiger partial charge in [-0.3, -0.25) is 4.79 Å². The summed E-state index contributed by atoms with van der Waals surface area (Å²) < 4.78 is 11.6. The Balaban J connectivity index is 1.80. The summed E-state index contributed by atoms with van der Waals surface area (Å²) in [6.07, 6.45) is -0.542. The van der Waals surface area contributed by atoms with Gasteiger partial charge in [-0.1, -0.05) is 23.2 Å². The number of fused-ring (bicyclic) bond motifs is 1. The molecule has 2 aliphatic rings. The molecular weight excluding hydrogens is 427 g/mol. The summed E-state index contributed by atoms with van der Waals surface area (Å²) in [5, 5.41) is 1.15. The summed E-state index contributed by atoms with van der Waals surface area (Å²) in [7, 11) is 0. The molecular formula is C22H30Cl2N2O4. The zero-order valence-electron chi connectivity index (χ0n) is 18.4. The lowest BCUT2D eigenvalue weighted by molar-refractivity contribution is -0.172. The highest BCUT2D eigenvalue weighted by atomic mass is 35.5. The number of nitrogens with zero attached hydrogens (tertiary/aromatic N) is 2. The van der Waals surface area contributed by atoms with Crippen LogP contribution < -0.4 is 0 Å². The number of hydrogen-bond acceptors (Lipinski definition) is 4. The Morgan fingerprint density at radius 1 is 1.23 bits per heavy atom. The van der Waals surface area contributed by atoms with Crippen molar-refractivity contribution in [1.82, 2.24) is 9.80 Å². The number of carbonyl (C=O) groups excluding carboxylic acids is 2. The number of rotatable bonds is 1. The Morgan fingerprint density at radius 3 is 2.53 bits per heavy atom. The van der Waals surface area contributed by atoms with Gasteiger partial charge in [-0.25, -0.2) is 4.79 Å². The van der Waals surface area contributed by atoms with Crippen LogP contribution in [-0.2, 0) is 20.7 Å². The molecule has 8 heteroatoms. The van der Waals surface area contributed by atoms with E-state index >= 15 is 0 Å². The lowest BCUT2D eigenvalue weighted by Crippen LogP contribution is -2.60. The first-order valence-electron chi connectivity index (χ1n) is 10.2. The molecule has 2 atom stereocenters. The van der Waals surface area contributed by atoms with E-state index < -0.39 is 23.4 Å². The van der Waals surface area contributed by atoms with Gasteiger partial charge in [0.15, 0.2) is 6.10 Å². The van der Waals surface area contributed by atoms with Crippen LogP contribution in [0, 0.1) is 0 Å². The minimum absolute atomic E-state index is 0.152. The van der Waals surface area contributed by atoms with Crippen molar-refractivity contribution in [3.63, 3.8) is 0 Å². The Hall–Kier alpha value is -1.50. The van der Waals surface area contributed by atoms with Gasteiger partial charge in [0.05, 0.1) is 24.7 Å². The standard InChI is InChI=1S/C22H30Cl2N2O4/c1-13-18-14(9-15(23)10-16(18)24)7-8-26(13)19(27)17-11-25(12-22(5,6)29-17)20(28)30-21(2,3)4/h9-10,13,17H,7-8,11-12H2,1-6H3/t13?,17-/m1/s1. The van der Waals surface area contributed by atoms with Gasteiger partial charge < -0.3 is 19.3 Å². The van der Waals surface area contributed by atoms with Crippen LogP contribution in [0.15, 0.2) is 12.1 Å². The SMILES string of the molecule is CC1c2c(Cl)cc(Cl)cc2CCN1C(=O)[C@H]1CN(C(=O)OC(C)(C)C)CC(C)(C)O1. The van der Waals surface area contributed by atoms with Crippen LogP contribution in [0.5, 0.6) is 0 Å². The summed E-state index contributed by atoms with van der Waals surface area (Å²) >= 11 is 12.6. The highest BCUT2D eigenvalue weighted by Gasteiger charge is 2.43. The molecule has 30 heavy (non-hydrogen) atoms. The van der Waals surface area contributed by atoms with Gasteiger partial charge in [0.1, 0.15) is 5.60 Å². The normalized spacial score (nSPS) is 23.7. The van der Waals surface area contributed by atoms with E-state index in [1.807, 2.05) is 47.6 Å². The summed E-state index contributed by atoms with van der Waals surface area (Å²) in [6.45, 7) is 12.2. The van der Waals surface area contributed by atoms with E-state index in [1.165, 1.54) is 0 Å². The second kappa shape index (κ2) is 8.21. The van der Waals surface area contributed by atoms with Gasteiger partial charge in [0.2, 0.25) is 0 Å². The number of ether oxygens (including phenoxy) is 2. The second-order valence-electron chi connectivity index (χ2n) is 9.65. The molecule has 2 amide bonds. The van der Waals surface area contributed by atoms with E-state index in [-0.39, 0.29) is 18.5 Å². The number of amides is 2. The van der Waals surface area contributed by atoms with Gasteiger partial charge >= 0.3 is 6.09 Å². The van der Waals surface area contributed by atoms with Crippen LogP contribution in [0.25, 0.3) is 0 Å². The van der Waals surface area contributed by atoms with E-state index in [0.717, 1.165) is 11.1 Å². The average molecular weight is 457 g/mol. The quantitative estimate of drug-likeness (QED) is 0.605. The van der Waals surface area contributed by atoms with Crippen molar-refractivity contribution in [2.75, 3.05) is 19.6 Å². The van der Waals surface area contributed by atoms with Crippen LogP contribution in [0.2, 0.25) is 10.0 Å². The van der Waals surface area contributed by atoms with Gasteiger partial charge in [0.25, 0.3) is 5.91 Å². The smallest absolute Gasteiger partial charge is 0.410 e. The van der Waals surface area contributed by atoms with Crippen molar-refractivity contribution in [2.24, 2.45) is 0 Å². The third-order valence-corrected chi connectivity index (χ3v) is 5.85. The largest absolute Gasteiger partial charge is 0.444 e. The predicted octanol–water partition coefficient (Wildman–Crippen LogP) is 4.85.